The SMILES string of the molecule is Cn1nccc1C(=O)NCCCc1cc(N)n(-c2ccccc2)n1. The van der Waals surface area contributed by atoms with E-state index in [0.717, 1.165) is 24.2 Å². The number of nitrogens with zero attached hydrogens (tertiary/aromatic N) is 4. The number of carbonyl (C=O) groups excluding carboxylic acids is 1. The van der Waals surface area contributed by atoms with Crippen LogP contribution >= 0.6 is 0 Å². The van der Waals surface area contributed by atoms with Crippen molar-refractivity contribution < 1.29 is 4.79 Å². The summed E-state index contributed by atoms with van der Waals surface area (Å²) in [5.74, 6) is 0.486. The van der Waals surface area contributed by atoms with Crippen molar-refractivity contribution >= 4 is 11.7 Å². The number of nitrogen functional groups attached to an aromatic ring is 1. The number of carbonyl (C=O) groups is 1. The second-order valence-corrected chi connectivity index (χ2v) is 5.51. The van der Waals surface area contributed by atoms with E-state index in [4.69, 9.17) is 5.73 Å². The van der Waals surface area contributed by atoms with Gasteiger partial charge in [-0.25, -0.2) is 4.68 Å². The summed E-state index contributed by atoms with van der Waals surface area (Å²) in [7, 11) is 1.74. The van der Waals surface area contributed by atoms with Gasteiger partial charge in [-0.05, 0) is 31.0 Å². The summed E-state index contributed by atoms with van der Waals surface area (Å²) in [6.45, 7) is 0.572. The lowest BCUT2D eigenvalue weighted by atomic mass is 10.2. The topological polar surface area (TPSA) is 90.8 Å². The maximum absolute atomic E-state index is 12.0. The van der Waals surface area contributed by atoms with Crippen molar-refractivity contribution in [3.8, 4) is 5.69 Å². The van der Waals surface area contributed by atoms with Crippen LogP contribution in [-0.2, 0) is 13.5 Å². The van der Waals surface area contributed by atoms with Crippen LogP contribution in [0.2, 0.25) is 0 Å². The van der Waals surface area contributed by atoms with E-state index in [1.807, 2.05) is 36.4 Å². The van der Waals surface area contributed by atoms with Gasteiger partial charge in [-0.1, -0.05) is 18.2 Å². The van der Waals surface area contributed by atoms with Gasteiger partial charge in [0.1, 0.15) is 11.5 Å². The average molecular weight is 324 g/mol. The summed E-state index contributed by atoms with van der Waals surface area (Å²) in [5, 5.41) is 11.4. The molecule has 24 heavy (non-hydrogen) atoms. The summed E-state index contributed by atoms with van der Waals surface area (Å²) in [4.78, 5) is 12.0. The predicted octanol–water partition coefficient (Wildman–Crippen LogP) is 1.55. The summed E-state index contributed by atoms with van der Waals surface area (Å²) in [6.07, 6.45) is 3.14. The fraction of sp³-hybridized carbons (Fsp3) is 0.235. The second-order valence-electron chi connectivity index (χ2n) is 5.51. The minimum Gasteiger partial charge on any atom is -0.384 e. The monoisotopic (exact) mass is 324 g/mol. The Balaban J connectivity index is 1.53. The average Bonchev–Trinajstić information content (AvgIpc) is 3.18. The minimum atomic E-state index is -0.121. The molecule has 1 aromatic carbocycles. The highest BCUT2D eigenvalue weighted by atomic mass is 16.2. The number of rotatable bonds is 6. The number of anilines is 1. The van der Waals surface area contributed by atoms with E-state index >= 15 is 0 Å². The van der Waals surface area contributed by atoms with Crippen molar-refractivity contribution in [3.05, 3.63) is 60.0 Å². The van der Waals surface area contributed by atoms with E-state index in [1.165, 1.54) is 0 Å². The zero-order valence-electron chi connectivity index (χ0n) is 13.5. The van der Waals surface area contributed by atoms with Crippen molar-refractivity contribution in [2.24, 2.45) is 7.05 Å². The Morgan fingerprint density at radius 1 is 1.25 bits per heavy atom. The highest BCUT2D eigenvalue weighted by Crippen LogP contribution is 2.14. The van der Waals surface area contributed by atoms with Crippen LogP contribution in [0.5, 0.6) is 0 Å². The number of nitrogens with one attached hydrogen (secondary N) is 1. The van der Waals surface area contributed by atoms with E-state index in [0.29, 0.717) is 18.1 Å². The van der Waals surface area contributed by atoms with Gasteiger partial charge >= 0.3 is 0 Å². The Hall–Kier alpha value is -3.09. The lowest BCUT2D eigenvalue weighted by molar-refractivity contribution is 0.0944. The fourth-order valence-corrected chi connectivity index (χ4v) is 2.50. The van der Waals surface area contributed by atoms with Gasteiger partial charge in [0, 0.05) is 25.9 Å². The van der Waals surface area contributed by atoms with Gasteiger partial charge in [0.15, 0.2) is 0 Å². The van der Waals surface area contributed by atoms with E-state index in [2.05, 4.69) is 15.5 Å². The standard InChI is InChI=1S/C17H20N6O/c1-22-15(9-11-20-22)17(24)19-10-5-6-13-12-16(18)23(21-13)14-7-3-2-4-8-14/h2-4,7-9,11-12H,5-6,10,18H2,1H3,(H,19,24). The molecule has 0 saturated carbocycles. The second kappa shape index (κ2) is 6.99. The van der Waals surface area contributed by atoms with Crippen LogP contribution in [-0.4, -0.2) is 32.0 Å². The molecule has 0 bridgehead atoms. The molecule has 2 heterocycles. The highest BCUT2D eigenvalue weighted by Gasteiger charge is 2.10. The third-order valence-corrected chi connectivity index (χ3v) is 3.74. The maximum Gasteiger partial charge on any atom is 0.269 e. The summed E-state index contributed by atoms with van der Waals surface area (Å²) < 4.78 is 3.28. The smallest absolute Gasteiger partial charge is 0.269 e. The Morgan fingerprint density at radius 2 is 2.04 bits per heavy atom. The third kappa shape index (κ3) is 3.45. The molecule has 0 radical (unpaired) electrons. The zero-order valence-corrected chi connectivity index (χ0v) is 13.5. The molecule has 0 unspecified atom stereocenters. The van der Waals surface area contributed by atoms with Gasteiger partial charge in [-0.2, -0.15) is 10.2 Å². The molecule has 0 fully saturated rings. The first-order valence-corrected chi connectivity index (χ1v) is 7.81. The number of amides is 1. The van der Waals surface area contributed by atoms with E-state index in [9.17, 15) is 4.79 Å². The van der Waals surface area contributed by atoms with Crippen molar-refractivity contribution in [2.75, 3.05) is 12.3 Å². The molecule has 3 N–H and O–H groups in total. The predicted molar refractivity (Wildman–Crippen MR) is 91.8 cm³/mol. The van der Waals surface area contributed by atoms with Crippen molar-refractivity contribution in [1.29, 1.82) is 0 Å². The van der Waals surface area contributed by atoms with Gasteiger partial charge in [0.25, 0.3) is 5.91 Å². The molecule has 3 rings (SSSR count). The van der Waals surface area contributed by atoms with E-state index in [-0.39, 0.29) is 5.91 Å². The van der Waals surface area contributed by atoms with Crippen molar-refractivity contribution in [2.45, 2.75) is 12.8 Å². The van der Waals surface area contributed by atoms with Crippen LogP contribution in [0.15, 0.2) is 48.7 Å². The van der Waals surface area contributed by atoms with Gasteiger partial charge in [-0.15, -0.1) is 0 Å². The molecular formula is C17H20N6O. The number of hydrogen-bond acceptors (Lipinski definition) is 4. The molecule has 0 aliphatic rings. The van der Waals surface area contributed by atoms with Crippen molar-refractivity contribution in [3.63, 3.8) is 0 Å². The van der Waals surface area contributed by atoms with Gasteiger partial charge in [0.05, 0.1) is 11.4 Å². The zero-order chi connectivity index (χ0) is 16.9. The molecule has 3 aromatic rings. The molecule has 0 atom stereocenters. The first kappa shape index (κ1) is 15.8. The normalized spacial score (nSPS) is 10.7. The Labute approximate surface area is 140 Å². The molecule has 1 amide bonds. The lowest BCUT2D eigenvalue weighted by Crippen LogP contribution is -2.26. The van der Waals surface area contributed by atoms with Crippen LogP contribution in [0, 0.1) is 0 Å². The minimum absolute atomic E-state index is 0.121. The summed E-state index contributed by atoms with van der Waals surface area (Å²) >= 11 is 0. The Bertz CT molecular complexity index is 821. The Morgan fingerprint density at radius 3 is 2.75 bits per heavy atom. The third-order valence-electron chi connectivity index (χ3n) is 3.74. The number of aromatic nitrogens is 4. The number of aryl methyl sites for hydroxylation is 2. The number of nitrogens with two attached hydrogens (primary N) is 1. The molecular weight excluding hydrogens is 304 g/mol. The van der Waals surface area contributed by atoms with Crippen molar-refractivity contribution in [1.82, 2.24) is 24.9 Å². The molecule has 0 aliphatic heterocycles. The lowest BCUT2D eigenvalue weighted by Gasteiger charge is -2.04. The quantitative estimate of drug-likeness (QED) is 0.673. The first-order chi connectivity index (χ1) is 11.6. The van der Waals surface area contributed by atoms with E-state index < -0.39 is 0 Å². The van der Waals surface area contributed by atoms with Crippen LogP contribution in [0.3, 0.4) is 0 Å². The number of benzene rings is 1. The fourth-order valence-electron chi connectivity index (χ4n) is 2.50. The molecule has 0 aliphatic carbocycles. The van der Waals surface area contributed by atoms with E-state index in [1.54, 1.807) is 28.7 Å². The largest absolute Gasteiger partial charge is 0.384 e. The maximum atomic E-state index is 12.0. The summed E-state index contributed by atoms with van der Waals surface area (Å²) in [5.41, 5.74) is 8.42. The molecule has 0 saturated heterocycles. The highest BCUT2D eigenvalue weighted by molar-refractivity contribution is 5.92. The van der Waals surface area contributed by atoms with Gasteiger partial charge < -0.3 is 11.1 Å². The van der Waals surface area contributed by atoms with Crippen LogP contribution < -0.4 is 11.1 Å². The molecule has 0 spiro atoms. The molecule has 7 nitrogen and oxygen atoms in total. The van der Waals surface area contributed by atoms with Crippen LogP contribution in [0.1, 0.15) is 22.6 Å². The van der Waals surface area contributed by atoms with Crippen LogP contribution in [0.25, 0.3) is 5.69 Å². The first-order valence-electron chi connectivity index (χ1n) is 7.81. The van der Waals surface area contributed by atoms with Gasteiger partial charge in [-0.3, -0.25) is 9.48 Å². The van der Waals surface area contributed by atoms with Gasteiger partial charge in [0.2, 0.25) is 0 Å². The number of para-hydroxylation sites is 1. The Kier molecular flexibility index (Phi) is 4.60. The number of hydrogen-bond donors (Lipinski definition) is 2. The van der Waals surface area contributed by atoms with Crippen LogP contribution in [0.4, 0.5) is 5.82 Å². The molecule has 2 aromatic heterocycles. The molecule has 124 valence electrons. The summed E-state index contributed by atoms with van der Waals surface area (Å²) in [6, 6.07) is 13.3. The molecule has 7 heteroatoms.